The van der Waals surface area contributed by atoms with Crippen LogP contribution in [0, 0.1) is 17.7 Å². The number of ether oxygens (including phenoxy) is 2. The summed E-state index contributed by atoms with van der Waals surface area (Å²) in [6, 6.07) is 14.1. The SMILES string of the molecule is CCCCCCCC1CCC(c2ccc(-c3ccc(C4OCC(CCCCC)CO4)cc3F)cc2)CC1. The molecule has 2 aromatic carbocycles. The highest BCUT2D eigenvalue weighted by atomic mass is 19.1. The number of rotatable bonds is 13. The van der Waals surface area contributed by atoms with Crippen molar-refractivity contribution in [2.75, 3.05) is 13.2 Å². The number of hydrogen-bond acceptors (Lipinski definition) is 2. The van der Waals surface area contributed by atoms with Crippen LogP contribution in [0.2, 0.25) is 0 Å². The predicted molar refractivity (Wildman–Crippen MR) is 152 cm³/mol. The zero-order chi connectivity index (χ0) is 25.9. The molecule has 1 saturated heterocycles. The van der Waals surface area contributed by atoms with Gasteiger partial charge in [0.25, 0.3) is 0 Å². The van der Waals surface area contributed by atoms with Crippen molar-refractivity contribution in [3.8, 4) is 11.1 Å². The van der Waals surface area contributed by atoms with Gasteiger partial charge in [-0.2, -0.15) is 0 Å². The van der Waals surface area contributed by atoms with Crippen LogP contribution in [0.4, 0.5) is 4.39 Å². The van der Waals surface area contributed by atoms with Crippen molar-refractivity contribution in [2.45, 2.75) is 116 Å². The Morgan fingerprint density at radius 3 is 1.95 bits per heavy atom. The van der Waals surface area contributed by atoms with Gasteiger partial charge in [0.15, 0.2) is 6.29 Å². The predicted octanol–water partition coefficient (Wildman–Crippen LogP) is 10.4. The summed E-state index contributed by atoms with van der Waals surface area (Å²) in [4.78, 5) is 0. The first-order valence-electron chi connectivity index (χ1n) is 15.3. The molecule has 0 radical (unpaired) electrons. The Labute approximate surface area is 225 Å². The monoisotopic (exact) mass is 508 g/mol. The molecular formula is C34H49FO2. The van der Waals surface area contributed by atoms with Crippen LogP contribution in [0.1, 0.15) is 127 Å². The van der Waals surface area contributed by atoms with Gasteiger partial charge in [-0.15, -0.1) is 0 Å². The summed E-state index contributed by atoms with van der Waals surface area (Å²) in [6.45, 7) is 5.89. The number of hydrogen-bond donors (Lipinski definition) is 0. The summed E-state index contributed by atoms with van der Waals surface area (Å²) < 4.78 is 27.0. The molecule has 1 saturated carbocycles. The Balaban J connectivity index is 1.25. The van der Waals surface area contributed by atoms with E-state index in [1.165, 1.54) is 89.0 Å². The number of unbranched alkanes of at least 4 members (excludes halogenated alkanes) is 6. The molecular weight excluding hydrogens is 459 g/mol. The first-order chi connectivity index (χ1) is 18.2. The van der Waals surface area contributed by atoms with Crippen molar-refractivity contribution < 1.29 is 13.9 Å². The van der Waals surface area contributed by atoms with Gasteiger partial charge in [0.05, 0.1) is 13.2 Å². The molecule has 1 aliphatic carbocycles. The zero-order valence-electron chi connectivity index (χ0n) is 23.4. The normalized spacial score (nSPS) is 24.3. The minimum absolute atomic E-state index is 0.207. The van der Waals surface area contributed by atoms with Gasteiger partial charge in [0.2, 0.25) is 0 Å². The fraction of sp³-hybridized carbons (Fsp3) is 0.647. The number of benzene rings is 2. The van der Waals surface area contributed by atoms with Crippen LogP contribution in [-0.2, 0) is 9.47 Å². The molecule has 204 valence electrons. The molecule has 1 aliphatic heterocycles. The molecule has 2 aliphatic rings. The lowest BCUT2D eigenvalue weighted by Crippen LogP contribution is -2.27. The lowest BCUT2D eigenvalue weighted by Gasteiger charge is -2.30. The van der Waals surface area contributed by atoms with Gasteiger partial charge < -0.3 is 9.47 Å². The lowest BCUT2D eigenvalue weighted by molar-refractivity contribution is -0.206. The molecule has 0 N–H and O–H groups in total. The summed E-state index contributed by atoms with van der Waals surface area (Å²) in [6.07, 6.45) is 18.1. The summed E-state index contributed by atoms with van der Waals surface area (Å²) >= 11 is 0. The Hall–Kier alpha value is -1.71. The molecule has 0 bridgehead atoms. The quantitative estimate of drug-likeness (QED) is 0.251. The maximum atomic E-state index is 15.1. The van der Waals surface area contributed by atoms with E-state index in [9.17, 15) is 0 Å². The molecule has 0 spiro atoms. The third-order valence-corrected chi connectivity index (χ3v) is 8.70. The highest BCUT2D eigenvalue weighted by Gasteiger charge is 2.25. The fourth-order valence-corrected chi connectivity index (χ4v) is 6.25. The molecule has 0 unspecified atom stereocenters. The minimum atomic E-state index is -0.459. The van der Waals surface area contributed by atoms with E-state index in [0.29, 0.717) is 30.6 Å². The second-order valence-electron chi connectivity index (χ2n) is 11.6. The van der Waals surface area contributed by atoms with Crippen LogP contribution in [0.5, 0.6) is 0 Å². The molecule has 3 heteroatoms. The van der Waals surface area contributed by atoms with Crippen LogP contribution < -0.4 is 0 Å². The maximum Gasteiger partial charge on any atom is 0.183 e. The van der Waals surface area contributed by atoms with Gasteiger partial charge in [-0.1, -0.05) is 108 Å². The molecule has 2 aromatic rings. The van der Waals surface area contributed by atoms with Crippen molar-refractivity contribution >= 4 is 0 Å². The molecule has 37 heavy (non-hydrogen) atoms. The van der Waals surface area contributed by atoms with Crippen molar-refractivity contribution in [1.29, 1.82) is 0 Å². The van der Waals surface area contributed by atoms with Crippen LogP contribution in [-0.4, -0.2) is 13.2 Å². The Bertz CT molecular complexity index is 908. The van der Waals surface area contributed by atoms with Gasteiger partial charge in [0.1, 0.15) is 5.82 Å². The molecule has 4 rings (SSSR count). The molecule has 1 heterocycles. The summed E-state index contributed by atoms with van der Waals surface area (Å²) in [5, 5.41) is 0. The second kappa shape index (κ2) is 15.0. The second-order valence-corrected chi connectivity index (χ2v) is 11.6. The standard InChI is InChI=1S/C34H49FO2/c1-3-5-7-8-10-11-26-13-15-28(16-14-26)29-17-19-30(20-18-29)32-22-21-31(23-33(32)35)34-36-24-27(25-37-34)12-9-6-4-2/h17-23,26-28,34H,3-16,24-25H2,1-2H3. The fourth-order valence-electron chi connectivity index (χ4n) is 6.25. The highest BCUT2D eigenvalue weighted by Crippen LogP contribution is 2.39. The van der Waals surface area contributed by atoms with Crippen LogP contribution in [0.3, 0.4) is 0 Å². The summed E-state index contributed by atoms with van der Waals surface area (Å²) in [5.41, 5.74) is 3.78. The maximum absolute atomic E-state index is 15.1. The van der Waals surface area contributed by atoms with E-state index in [-0.39, 0.29) is 5.82 Å². The van der Waals surface area contributed by atoms with Crippen molar-refractivity contribution in [3.63, 3.8) is 0 Å². The van der Waals surface area contributed by atoms with Gasteiger partial charge in [-0.25, -0.2) is 4.39 Å². The third kappa shape index (κ3) is 8.39. The topological polar surface area (TPSA) is 18.5 Å². The van der Waals surface area contributed by atoms with E-state index in [0.717, 1.165) is 23.5 Å². The van der Waals surface area contributed by atoms with E-state index < -0.39 is 6.29 Å². The van der Waals surface area contributed by atoms with Gasteiger partial charge in [0, 0.05) is 17.0 Å². The van der Waals surface area contributed by atoms with E-state index in [1.54, 1.807) is 6.07 Å². The average molecular weight is 509 g/mol. The molecule has 0 aromatic heterocycles. The van der Waals surface area contributed by atoms with Gasteiger partial charge in [-0.05, 0) is 61.1 Å². The zero-order valence-corrected chi connectivity index (χ0v) is 23.4. The molecule has 2 fully saturated rings. The lowest BCUT2D eigenvalue weighted by atomic mass is 9.77. The van der Waals surface area contributed by atoms with E-state index in [4.69, 9.17) is 9.47 Å². The van der Waals surface area contributed by atoms with Crippen molar-refractivity contribution in [1.82, 2.24) is 0 Å². The van der Waals surface area contributed by atoms with Gasteiger partial charge >= 0.3 is 0 Å². The number of halogens is 1. The van der Waals surface area contributed by atoms with Crippen LogP contribution in [0.25, 0.3) is 11.1 Å². The molecule has 2 nitrogen and oxygen atoms in total. The van der Waals surface area contributed by atoms with Crippen LogP contribution >= 0.6 is 0 Å². The van der Waals surface area contributed by atoms with Crippen molar-refractivity contribution in [2.24, 2.45) is 11.8 Å². The largest absolute Gasteiger partial charge is 0.348 e. The Morgan fingerprint density at radius 1 is 0.676 bits per heavy atom. The molecule has 0 amide bonds. The van der Waals surface area contributed by atoms with E-state index in [2.05, 4.69) is 38.1 Å². The summed E-state index contributed by atoms with van der Waals surface area (Å²) in [7, 11) is 0. The first kappa shape index (κ1) is 28.3. The minimum Gasteiger partial charge on any atom is -0.348 e. The summed E-state index contributed by atoms with van der Waals surface area (Å²) in [5.74, 6) is 1.83. The third-order valence-electron chi connectivity index (χ3n) is 8.70. The molecule has 0 atom stereocenters. The van der Waals surface area contributed by atoms with E-state index >= 15 is 4.39 Å². The average Bonchev–Trinajstić information content (AvgIpc) is 2.94. The first-order valence-corrected chi connectivity index (χ1v) is 15.3. The van der Waals surface area contributed by atoms with Gasteiger partial charge in [-0.3, -0.25) is 0 Å². The van der Waals surface area contributed by atoms with Crippen molar-refractivity contribution in [3.05, 3.63) is 59.4 Å². The van der Waals surface area contributed by atoms with E-state index in [1.807, 2.05) is 12.1 Å². The Morgan fingerprint density at radius 2 is 1.27 bits per heavy atom. The smallest absolute Gasteiger partial charge is 0.183 e. The Kier molecular flexibility index (Phi) is 11.5. The van der Waals surface area contributed by atoms with Crippen LogP contribution in [0.15, 0.2) is 42.5 Å². The highest BCUT2D eigenvalue weighted by molar-refractivity contribution is 5.65.